The average molecular weight is 284 g/mol. The van der Waals surface area contributed by atoms with Gasteiger partial charge in [-0.25, -0.2) is 0 Å². The van der Waals surface area contributed by atoms with E-state index in [0.29, 0.717) is 37.4 Å². The molecule has 106 valence electrons. The van der Waals surface area contributed by atoms with E-state index in [-0.39, 0.29) is 11.8 Å². The second kappa shape index (κ2) is 9.52. The summed E-state index contributed by atoms with van der Waals surface area (Å²) in [5.41, 5.74) is 0. The predicted octanol–water partition coefficient (Wildman–Crippen LogP) is 1.41. The maximum Gasteiger partial charge on any atom is 0.261 e. The Labute approximate surface area is 117 Å². The van der Waals surface area contributed by atoms with Gasteiger partial charge in [0.2, 0.25) is 5.91 Å². The Morgan fingerprint density at radius 1 is 1.26 bits per heavy atom. The van der Waals surface area contributed by atoms with Gasteiger partial charge in [-0.2, -0.15) is 0 Å². The molecule has 0 unspecified atom stereocenters. The van der Waals surface area contributed by atoms with Crippen LogP contribution in [0, 0.1) is 0 Å². The first-order valence-corrected chi connectivity index (χ1v) is 7.19. The molecule has 0 spiro atoms. The minimum Gasteiger partial charge on any atom is -0.385 e. The summed E-state index contributed by atoms with van der Waals surface area (Å²) in [6.07, 6.45) is 1.89. The largest absolute Gasteiger partial charge is 0.385 e. The zero-order valence-corrected chi connectivity index (χ0v) is 11.9. The molecule has 0 fully saturated rings. The third-order valence-electron chi connectivity index (χ3n) is 2.46. The standard InChI is InChI=1S/C13H20N2O3S/c1-18-9-4-8-14-12(16)6-2-7-15-13(17)11-5-3-10-19-11/h3,5,10H,2,4,6-9H2,1H3,(H,14,16)(H,15,17). The summed E-state index contributed by atoms with van der Waals surface area (Å²) in [6.45, 7) is 1.80. The molecule has 0 bridgehead atoms. The lowest BCUT2D eigenvalue weighted by atomic mass is 10.3. The molecule has 2 N–H and O–H groups in total. The van der Waals surface area contributed by atoms with Gasteiger partial charge < -0.3 is 15.4 Å². The van der Waals surface area contributed by atoms with Crippen LogP contribution in [0.4, 0.5) is 0 Å². The van der Waals surface area contributed by atoms with E-state index in [1.807, 2.05) is 11.4 Å². The van der Waals surface area contributed by atoms with Crippen LogP contribution in [0.3, 0.4) is 0 Å². The average Bonchev–Trinajstić information content (AvgIpc) is 2.93. The zero-order chi connectivity index (χ0) is 13.9. The van der Waals surface area contributed by atoms with Crippen LogP contribution >= 0.6 is 11.3 Å². The maximum absolute atomic E-state index is 11.6. The summed E-state index contributed by atoms with van der Waals surface area (Å²) in [7, 11) is 1.64. The Morgan fingerprint density at radius 3 is 2.74 bits per heavy atom. The Bertz CT molecular complexity index is 379. The number of thiophene rings is 1. The minimum atomic E-state index is -0.0736. The number of nitrogens with one attached hydrogen (secondary N) is 2. The van der Waals surface area contributed by atoms with Crippen molar-refractivity contribution >= 4 is 23.2 Å². The summed E-state index contributed by atoms with van der Waals surface area (Å²) in [6, 6.07) is 3.62. The van der Waals surface area contributed by atoms with Crippen LogP contribution in [0.2, 0.25) is 0 Å². The Hall–Kier alpha value is -1.40. The van der Waals surface area contributed by atoms with E-state index in [1.165, 1.54) is 11.3 Å². The zero-order valence-electron chi connectivity index (χ0n) is 11.1. The quantitative estimate of drug-likeness (QED) is 0.674. The Morgan fingerprint density at radius 2 is 2.05 bits per heavy atom. The van der Waals surface area contributed by atoms with E-state index in [0.717, 1.165) is 6.42 Å². The summed E-state index contributed by atoms with van der Waals surface area (Å²) in [5.74, 6) is -0.0584. The highest BCUT2D eigenvalue weighted by Crippen LogP contribution is 2.07. The number of ether oxygens (including phenoxy) is 1. The lowest BCUT2D eigenvalue weighted by molar-refractivity contribution is -0.121. The molecule has 6 heteroatoms. The van der Waals surface area contributed by atoms with E-state index < -0.39 is 0 Å². The van der Waals surface area contributed by atoms with Gasteiger partial charge in [-0.15, -0.1) is 11.3 Å². The van der Waals surface area contributed by atoms with Crippen LogP contribution in [0.5, 0.6) is 0 Å². The molecule has 0 radical (unpaired) electrons. The Balaban J connectivity index is 2.01. The minimum absolute atomic E-state index is 0.0153. The molecule has 0 saturated heterocycles. The highest BCUT2D eigenvalue weighted by molar-refractivity contribution is 7.12. The van der Waals surface area contributed by atoms with Crippen molar-refractivity contribution in [2.24, 2.45) is 0 Å². The lowest BCUT2D eigenvalue weighted by Crippen LogP contribution is -2.28. The first-order chi connectivity index (χ1) is 9.24. The molecule has 2 amide bonds. The predicted molar refractivity (Wildman–Crippen MR) is 75.4 cm³/mol. The fourth-order valence-corrected chi connectivity index (χ4v) is 2.12. The molecule has 0 aliphatic carbocycles. The van der Waals surface area contributed by atoms with E-state index in [4.69, 9.17) is 4.74 Å². The van der Waals surface area contributed by atoms with Crippen molar-refractivity contribution in [1.82, 2.24) is 10.6 Å². The van der Waals surface area contributed by atoms with Gasteiger partial charge in [0.25, 0.3) is 5.91 Å². The normalized spacial score (nSPS) is 10.2. The Kier molecular flexibility index (Phi) is 7.84. The second-order valence-corrected chi connectivity index (χ2v) is 4.98. The molecule has 19 heavy (non-hydrogen) atoms. The van der Waals surface area contributed by atoms with Crippen molar-refractivity contribution in [3.8, 4) is 0 Å². The van der Waals surface area contributed by atoms with Gasteiger partial charge in [0.1, 0.15) is 0 Å². The lowest BCUT2D eigenvalue weighted by Gasteiger charge is -2.05. The molecule has 0 atom stereocenters. The molecule has 1 aromatic rings. The number of amides is 2. The number of methoxy groups -OCH3 is 1. The first kappa shape index (κ1) is 15.7. The molecule has 1 rings (SSSR count). The fourth-order valence-electron chi connectivity index (χ4n) is 1.48. The molecular formula is C13H20N2O3S. The molecule has 0 aliphatic rings. The number of hydrogen-bond donors (Lipinski definition) is 2. The fraction of sp³-hybridized carbons (Fsp3) is 0.538. The van der Waals surface area contributed by atoms with Gasteiger partial charge in [-0.3, -0.25) is 9.59 Å². The van der Waals surface area contributed by atoms with Crippen LogP contribution in [0.1, 0.15) is 28.9 Å². The van der Waals surface area contributed by atoms with Crippen LogP contribution in [-0.4, -0.2) is 38.6 Å². The highest BCUT2D eigenvalue weighted by atomic mass is 32.1. The van der Waals surface area contributed by atoms with Gasteiger partial charge in [-0.1, -0.05) is 6.07 Å². The van der Waals surface area contributed by atoms with Crippen molar-refractivity contribution in [3.63, 3.8) is 0 Å². The summed E-state index contributed by atoms with van der Waals surface area (Å²) < 4.78 is 4.89. The first-order valence-electron chi connectivity index (χ1n) is 6.31. The summed E-state index contributed by atoms with van der Waals surface area (Å²) in [4.78, 5) is 23.7. The summed E-state index contributed by atoms with van der Waals surface area (Å²) in [5, 5.41) is 7.46. The van der Waals surface area contributed by atoms with Crippen LogP contribution in [0.15, 0.2) is 17.5 Å². The second-order valence-electron chi connectivity index (χ2n) is 4.03. The van der Waals surface area contributed by atoms with Gasteiger partial charge >= 0.3 is 0 Å². The molecular weight excluding hydrogens is 264 g/mol. The third-order valence-corrected chi connectivity index (χ3v) is 3.33. The van der Waals surface area contributed by atoms with Crippen molar-refractivity contribution in [3.05, 3.63) is 22.4 Å². The number of carbonyl (C=O) groups excluding carboxylic acids is 2. The van der Waals surface area contributed by atoms with E-state index >= 15 is 0 Å². The summed E-state index contributed by atoms with van der Waals surface area (Å²) >= 11 is 1.41. The van der Waals surface area contributed by atoms with Crippen molar-refractivity contribution in [2.45, 2.75) is 19.3 Å². The van der Waals surface area contributed by atoms with Crippen LogP contribution < -0.4 is 10.6 Å². The number of hydrogen-bond acceptors (Lipinski definition) is 4. The number of rotatable bonds is 9. The SMILES string of the molecule is COCCCNC(=O)CCCNC(=O)c1cccs1. The molecule has 5 nitrogen and oxygen atoms in total. The third kappa shape index (κ3) is 6.93. The van der Waals surface area contributed by atoms with E-state index in [1.54, 1.807) is 13.2 Å². The molecule has 0 saturated carbocycles. The van der Waals surface area contributed by atoms with Crippen molar-refractivity contribution < 1.29 is 14.3 Å². The monoisotopic (exact) mass is 284 g/mol. The van der Waals surface area contributed by atoms with Crippen LogP contribution in [-0.2, 0) is 9.53 Å². The van der Waals surface area contributed by atoms with Gasteiger partial charge in [0, 0.05) is 33.2 Å². The highest BCUT2D eigenvalue weighted by Gasteiger charge is 2.05. The van der Waals surface area contributed by atoms with Gasteiger partial charge in [0.15, 0.2) is 0 Å². The van der Waals surface area contributed by atoms with Gasteiger partial charge in [0.05, 0.1) is 4.88 Å². The maximum atomic E-state index is 11.6. The van der Waals surface area contributed by atoms with E-state index in [2.05, 4.69) is 10.6 Å². The number of carbonyl (C=O) groups is 2. The van der Waals surface area contributed by atoms with Crippen molar-refractivity contribution in [1.29, 1.82) is 0 Å². The molecule has 1 aromatic heterocycles. The van der Waals surface area contributed by atoms with Crippen molar-refractivity contribution in [2.75, 3.05) is 26.8 Å². The van der Waals surface area contributed by atoms with Crippen LogP contribution in [0.25, 0.3) is 0 Å². The smallest absolute Gasteiger partial charge is 0.261 e. The molecule has 0 aliphatic heterocycles. The van der Waals surface area contributed by atoms with E-state index in [9.17, 15) is 9.59 Å². The van der Waals surface area contributed by atoms with Gasteiger partial charge in [-0.05, 0) is 24.3 Å². The molecule has 0 aromatic carbocycles. The molecule has 1 heterocycles. The topological polar surface area (TPSA) is 67.4 Å².